The standard InChI is InChI=1S/C65H122O6/c1-4-7-10-13-16-19-22-25-26-27-28-29-30-31-32-33-34-35-36-37-38-41-43-46-49-52-55-58-64(67)70-61-62(71-65(68)59-56-53-50-47-44-40-24-21-18-15-12-9-6-3)60-69-63(66)57-54-51-48-45-42-39-23-20-17-14-11-8-5-2/h21,24,27-28,62H,4-20,22-23,25-26,29-61H2,1-3H3/b24-21-,28-27-. The fraction of sp³-hybridized carbons (Fsp3) is 0.892. The predicted octanol–water partition coefficient (Wildman–Crippen LogP) is 21.4. The van der Waals surface area contributed by atoms with Gasteiger partial charge in [0.25, 0.3) is 0 Å². The molecular formula is C65H122O6. The molecule has 0 aromatic rings. The van der Waals surface area contributed by atoms with Gasteiger partial charge in [-0.15, -0.1) is 0 Å². The van der Waals surface area contributed by atoms with Crippen LogP contribution in [0.5, 0.6) is 0 Å². The molecule has 71 heavy (non-hydrogen) atoms. The molecule has 0 aliphatic heterocycles. The number of rotatable bonds is 59. The SMILES string of the molecule is CCCCCC/C=C\CCCCCCCC(=O)OC(COC(=O)CCCCCCCCCCCCCCC)COC(=O)CCCCCCCCCCCCCCCCC/C=C\CCCCCCCCCC. The van der Waals surface area contributed by atoms with Crippen LogP contribution < -0.4 is 0 Å². The van der Waals surface area contributed by atoms with E-state index in [1.54, 1.807) is 0 Å². The van der Waals surface area contributed by atoms with E-state index in [0.717, 1.165) is 64.2 Å². The van der Waals surface area contributed by atoms with Gasteiger partial charge in [0.15, 0.2) is 6.10 Å². The lowest BCUT2D eigenvalue weighted by molar-refractivity contribution is -0.167. The summed E-state index contributed by atoms with van der Waals surface area (Å²) in [5.41, 5.74) is 0. The number of hydrogen-bond donors (Lipinski definition) is 0. The van der Waals surface area contributed by atoms with E-state index in [9.17, 15) is 14.4 Å². The van der Waals surface area contributed by atoms with Gasteiger partial charge in [-0.2, -0.15) is 0 Å². The lowest BCUT2D eigenvalue weighted by Gasteiger charge is -2.18. The van der Waals surface area contributed by atoms with Crippen molar-refractivity contribution in [3.63, 3.8) is 0 Å². The molecule has 0 rings (SSSR count). The van der Waals surface area contributed by atoms with Crippen LogP contribution >= 0.6 is 0 Å². The van der Waals surface area contributed by atoms with Crippen LogP contribution in [0, 0.1) is 0 Å². The van der Waals surface area contributed by atoms with Crippen LogP contribution in [0.15, 0.2) is 24.3 Å². The van der Waals surface area contributed by atoms with E-state index in [1.807, 2.05) is 0 Å². The molecule has 6 heteroatoms. The Hall–Kier alpha value is -2.11. The molecule has 0 bridgehead atoms. The highest BCUT2D eigenvalue weighted by atomic mass is 16.6. The number of carbonyl (C=O) groups excluding carboxylic acids is 3. The second-order valence-corrected chi connectivity index (χ2v) is 21.7. The van der Waals surface area contributed by atoms with E-state index in [4.69, 9.17) is 14.2 Å². The number of unbranched alkanes of at least 4 members (excludes halogenated alkanes) is 44. The average Bonchev–Trinajstić information content (AvgIpc) is 3.37. The number of esters is 3. The summed E-state index contributed by atoms with van der Waals surface area (Å²) in [6.07, 6.45) is 71.9. The van der Waals surface area contributed by atoms with Crippen molar-refractivity contribution in [2.24, 2.45) is 0 Å². The minimum absolute atomic E-state index is 0.0693. The van der Waals surface area contributed by atoms with E-state index in [-0.39, 0.29) is 31.1 Å². The van der Waals surface area contributed by atoms with Gasteiger partial charge in [-0.3, -0.25) is 14.4 Å². The van der Waals surface area contributed by atoms with E-state index >= 15 is 0 Å². The number of ether oxygens (including phenoxy) is 3. The summed E-state index contributed by atoms with van der Waals surface area (Å²) in [5, 5.41) is 0. The fourth-order valence-electron chi connectivity index (χ4n) is 9.61. The van der Waals surface area contributed by atoms with Crippen molar-refractivity contribution in [3.05, 3.63) is 24.3 Å². The molecule has 1 atom stereocenters. The molecule has 0 saturated heterocycles. The average molecular weight is 1000 g/mol. The van der Waals surface area contributed by atoms with Crippen molar-refractivity contribution >= 4 is 17.9 Å². The van der Waals surface area contributed by atoms with Gasteiger partial charge in [-0.25, -0.2) is 0 Å². The molecule has 0 aromatic heterocycles. The summed E-state index contributed by atoms with van der Waals surface area (Å²) < 4.78 is 16.9. The lowest BCUT2D eigenvalue weighted by Crippen LogP contribution is -2.30. The highest BCUT2D eigenvalue weighted by Crippen LogP contribution is 2.17. The zero-order valence-corrected chi connectivity index (χ0v) is 48.0. The summed E-state index contributed by atoms with van der Waals surface area (Å²) in [7, 11) is 0. The number of hydrogen-bond acceptors (Lipinski definition) is 6. The maximum absolute atomic E-state index is 12.8. The van der Waals surface area contributed by atoms with Crippen molar-refractivity contribution in [2.45, 2.75) is 361 Å². The van der Waals surface area contributed by atoms with Gasteiger partial charge in [-0.05, 0) is 70.6 Å². The lowest BCUT2D eigenvalue weighted by atomic mass is 10.0. The van der Waals surface area contributed by atoms with Crippen LogP contribution in [-0.4, -0.2) is 37.2 Å². The van der Waals surface area contributed by atoms with Crippen LogP contribution in [0.3, 0.4) is 0 Å². The Balaban J connectivity index is 4.15. The molecule has 0 aliphatic rings. The second-order valence-electron chi connectivity index (χ2n) is 21.7. The quantitative estimate of drug-likeness (QED) is 0.0261. The molecule has 418 valence electrons. The molecule has 0 heterocycles. The van der Waals surface area contributed by atoms with Crippen molar-refractivity contribution in [1.29, 1.82) is 0 Å². The van der Waals surface area contributed by atoms with Gasteiger partial charge in [0.2, 0.25) is 0 Å². The third-order valence-corrected chi connectivity index (χ3v) is 14.4. The fourth-order valence-corrected chi connectivity index (χ4v) is 9.61. The maximum atomic E-state index is 12.8. The first kappa shape index (κ1) is 68.9. The molecule has 0 aliphatic carbocycles. The van der Waals surface area contributed by atoms with E-state index in [2.05, 4.69) is 45.1 Å². The number of carbonyl (C=O) groups is 3. The van der Waals surface area contributed by atoms with Crippen LogP contribution in [0.4, 0.5) is 0 Å². The molecule has 0 saturated carbocycles. The predicted molar refractivity (Wildman–Crippen MR) is 307 cm³/mol. The molecule has 6 nitrogen and oxygen atoms in total. The first-order valence-electron chi connectivity index (χ1n) is 31.8. The van der Waals surface area contributed by atoms with Crippen LogP contribution in [0.2, 0.25) is 0 Å². The van der Waals surface area contributed by atoms with Gasteiger partial charge in [0.1, 0.15) is 13.2 Å². The Kier molecular flexibility index (Phi) is 58.6. The highest BCUT2D eigenvalue weighted by molar-refractivity contribution is 5.71. The summed E-state index contributed by atoms with van der Waals surface area (Å²) in [5.74, 6) is -0.855. The monoisotopic (exact) mass is 999 g/mol. The Morgan fingerprint density at radius 2 is 0.465 bits per heavy atom. The molecule has 0 aromatic carbocycles. The van der Waals surface area contributed by atoms with Crippen LogP contribution in [0.1, 0.15) is 355 Å². The van der Waals surface area contributed by atoms with Gasteiger partial charge >= 0.3 is 17.9 Å². The van der Waals surface area contributed by atoms with Crippen molar-refractivity contribution in [3.8, 4) is 0 Å². The van der Waals surface area contributed by atoms with Gasteiger partial charge in [0.05, 0.1) is 0 Å². The summed E-state index contributed by atoms with van der Waals surface area (Å²) in [6, 6.07) is 0. The Bertz CT molecular complexity index is 1150. The molecule has 0 spiro atoms. The second kappa shape index (κ2) is 60.4. The molecule has 0 radical (unpaired) electrons. The van der Waals surface area contributed by atoms with Gasteiger partial charge in [-0.1, -0.05) is 289 Å². The summed E-state index contributed by atoms with van der Waals surface area (Å²) in [6.45, 7) is 6.67. The Labute approximate surface area is 443 Å². The molecule has 1 unspecified atom stereocenters. The highest BCUT2D eigenvalue weighted by Gasteiger charge is 2.19. The smallest absolute Gasteiger partial charge is 0.306 e. The van der Waals surface area contributed by atoms with E-state index in [1.165, 1.54) is 250 Å². The maximum Gasteiger partial charge on any atom is 0.306 e. The largest absolute Gasteiger partial charge is 0.462 e. The topological polar surface area (TPSA) is 78.9 Å². The van der Waals surface area contributed by atoms with Crippen LogP contribution in [-0.2, 0) is 28.6 Å². The third-order valence-electron chi connectivity index (χ3n) is 14.4. The minimum Gasteiger partial charge on any atom is -0.462 e. The normalized spacial score (nSPS) is 12.1. The van der Waals surface area contributed by atoms with Crippen molar-refractivity contribution in [1.82, 2.24) is 0 Å². The van der Waals surface area contributed by atoms with Crippen LogP contribution in [0.25, 0.3) is 0 Å². The van der Waals surface area contributed by atoms with Gasteiger partial charge < -0.3 is 14.2 Å². The Morgan fingerprint density at radius 1 is 0.268 bits per heavy atom. The summed E-state index contributed by atoms with van der Waals surface area (Å²) >= 11 is 0. The molecule has 0 fully saturated rings. The minimum atomic E-state index is -0.771. The first-order chi connectivity index (χ1) is 35.0. The number of allylic oxidation sites excluding steroid dienone is 4. The molecular weight excluding hydrogens is 877 g/mol. The third kappa shape index (κ3) is 58.7. The van der Waals surface area contributed by atoms with E-state index < -0.39 is 6.10 Å². The molecule has 0 N–H and O–H groups in total. The molecule has 0 amide bonds. The van der Waals surface area contributed by atoms with Crippen molar-refractivity contribution < 1.29 is 28.6 Å². The first-order valence-corrected chi connectivity index (χ1v) is 31.8. The van der Waals surface area contributed by atoms with Crippen molar-refractivity contribution in [2.75, 3.05) is 13.2 Å². The van der Waals surface area contributed by atoms with Gasteiger partial charge in [0, 0.05) is 19.3 Å². The van der Waals surface area contributed by atoms with E-state index in [0.29, 0.717) is 19.3 Å². The summed E-state index contributed by atoms with van der Waals surface area (Å²) in [4.78, 5) is 38.2. The zero-order chi connectivity index (χ0) is 51.4. The zero-order valence-electron chi connectivity index (χ0n) is 48.0. The Morgan fingerprint density at radius 3 is 0.718 bits per heavy atom.